The van der Waals surface area contributed by atoms with Crippen molar-refractivity contribution in [3.05, 3.63) is 46.0 Å². The molecule has 0 saturated carbocycles. The van der Waals surface area contributed by atoms with Crippen LogP contribution in [-0.2, 0) is 0 Å². The third-order valence-corrected chi connectivity index (χ3v) is 6.69. The molecule has 160 valence electrons. The molecular formula is C22H27ClFN5O. The van der Waals surface area contributed by atoms with E-state index in [4.69, 9.17) is 21.4 Å². The monoisotopic (exact) mass is 431 g/mol. The SMILES string of the molecule is COc1c(C(C)n2nc(C)c3cncnc32)cc(Cl)c(C)c1C1CN(C(C)CF)C1. The molecule has 0 radical (unpaired) electrons. The highest BCUT2D eigenvalue weighted by Gasteiger charge is 2.36. The van der Waals surface area contributed by atoms with E-state index in [2.05, 4.69) is 21.8 Å². The number of rotatable bonds is 6. The highest BCUT2D eigenvalue weighted by atomic mass is 35.5. The normalized spacial score (nSPS) is 17.2. The molecule has 8 heteroatoms. The molecule has 0 bridgehead atoms. The first-order valence-corrected chi connectivity index (χ1v) is 10.6. The molecule has 2 atom stereocenters. The average molecular weight is 432 g/mol. The van der Waals surface area contributed by atoms with E-state index in [9.17, 15) is 4.39 Å². The highest BCUT2D eigenvalue weighted by Crippen LogP contribution is 2.44. The molecule has 0 spiro atoms. The van der Waals surface area contributed by atoms with Crippen LogP contribution in [0.4, 0.5) is 4.39 Å². The van der Waals surface area contributed by atoms with Crippen LogP contribution >= 0.6 is 11.6 Å². The van der Waals surface area contributed by atoms with Gasteiger partial charge in [-0.3, -0.25) is 4.90 Å². The number of halogens is 2. The van der Waals surface area contributed by atoms with Crippen LogP contribution in [0.15, 0.2) is 18.6 Å². The van der Waals surface area contributed by atoms with Gasteiger partial charge in [0, 0.05) is 47.4 Å². The van der Waals surface area contributed by atoms with E-state index in [-0.39, 0.29) is 24.7 Å². The van der Waals surface area contributed by atoms with Crippen LogP contribution in [0.2, 0.25) is 5.02 Å². The Labute approximate surface area is 181 Å². The van der Waals surface area contributed by atoms with Gasteiger partial charge >= 0.3 is 0 Å². The average Bonchev–Trinajstić information content (AvgIpc) is 3.06. The minimum Gasteiger partial charge on any atom is -0.496 e. The lowest BCUT2D eigenvalue weighted by atomic mass is 9.84. The maximum Gasteiger partial charge on any atom is 0.161 e. The summed E-state index contributed by atoms with van der Waals surface area (Å²) in [5.74, 6) is 1.09. The summed E-state index contributed by atoms with van der Waals surface area (Å²) in [7, 11) is 1.69. The Kier molecular flexibility index (Phi) is 5.68. The quantitative estimate of drug-likeness (QED) is 0.576. The number of hydrogen-bond acceptors (Lipinski definition) is 5. The molecule has 0 aliphatic carbocycles. The van der Waals surface area contributed by atoms with Crippen molar-refractivity contribution in [3.8, 4) is 5.75 Å². The topological polar surface area (TPSA) is 56.1 Å². The smallest absolute Gasteiger partial charge is 0.161 e. The fraction of sp³-hybridized carbons (Fsp3) is 0.500. The molecular weight excluding hydrogens is 405 g/mol. The molecule has 2 aromatic heterocycles. The molecule has 1 fully saturated rings. The van der Waals surface area contributed by atoms with Gasteiger partial charge in [-0.2, -0.15) is 5.10 Å². The Morgan fingerprint density at radius 2 is 2.03 bits per heavy atom. The van der Waals surface area contributed by atoms with Crippen LogP contribution in [0.1, 0.15) is 48.2 Å². The summed E-state index contributed by atoms with van der Waals surface area (Å²) in [4.78, 5) is 10.7. The summed E-state index contributed by atoms with van der Waals surface area (Å²) in [6, 6.07) is 1.77. The number of fused-ring (bicyclic) bond motifs is 1. The van der Waals surface area contributed by atoms with Gasteiger partial charge in [0.15, 0.2) is 5.65 Å². The molecule has 6 nitrogen and oxygen atoms in total. The molecule has 30 heavy (non-hydrogen) atoms. The lowest BCUT2D eigenvalue weighted by molar-refractivity contribution is 0.0837. The zero-order valence-corrected chi connectivity index (χ0v) is 18.7. The van der Waals surface area contributed by atoms with E-state index >= 15 is 0 Å². The number of likely N-dealkylation sites (tertiary alicyclic amines) is 1. The van der Waals surface area contributed by atoms with E-state index in [1.54, 1.807) is 13.3 Å². The zero-order chi connectivity index (χ0) is 21.6. The van der Waals surface area contributed by atoms with E-state index in [1.165, 1.54) is 6.33 Å². The summed E-state index contributed by atoms with van der Waals surface area (Å²) < 4.78 is 20.9. The van der Waals surface area contributed by atoms with Crippen LogP contribution in [0.3, 0.4) is 0 Å². The van der Waals surface area contributed by atoms with E-state index in [0.29, 0.717) is 5.02 Å². The molecule has 1 saturated heterocycles. The van der Waals surface area contributed by atoms with Crippen molar-refractivity contribution in [3.63, 3.8) is 0 Å². The van der Waals surface area contributed by atoms with Crippen LogP contribution in [0, 0.1) is 13.8 Å². The number of methoxy groups -OCH3 is 1. The maximum absolute atomic E-state index is 13.1. The van der Waals surface area contributed by atoms with Crippen molar-refractivity contribution in [2.75, 3.05) is 26.9 Å². The fourth-order valence-corrected chi connectivity index (χ4v) is 4.59. The van der Waals surface area contributed by atoms with Gasteiger partial charge in [-0.25, -0.2) is 19.0 Å². The van der Waals surface area contributed by atoms with Crippen molar-refractivity contribution >= 4 is 22.6 Å². The Morgan fingerprint density at radius 1 is 1.30 bits per heavy atom. The molecule has 1 aliphatic rings. The van der Waals surface area contributed by atoms with Crippen molar-refractivity contribution < 1.29 is 9.13 Å². The lowest BCUT2D eigenvalue weighted by Crippen LogP contribution is -2.50. The van der Waals surface area contributed by atoms with Gasteiger partial charge in [0.2, 0.25) is 0 Å². The van der Waals surface area contributed by atoms with Gasteiger partial charge in [-0.1, -0.05) is 11.6 Å². The van der Waals surface area contributed by atoms with Gasteiger partial charge in [-0.05, 0) is 39.3 Å². The van der Waals surface area contributed by atoms with Crippen molar-refractivity contribution in [2.45, 2.75) is 45.7 Å². The Morgan fingerprint density at radius 3 is 2.70 bits per heavy atom. The molecule has 0 amide bonds. The molecule has 3 heterocycles. The van der Waals surface area contributed by atoms with Crippen molar-refractivity contribution in [1.29, 1.82) is 0 Å². The molecule has 1 aliphatic heterocycles. The first-order chi connectivity index (χ1) is 14.4. The predicted octanol–water partition coefficient (Wildman–Crippen LogP) is 4.47. The van der Waals surface area contributed by atoms with Crippen LogP contribution in [0.25, 0.3) is 11.0 Å². The Hall–Kier alpha value is -2.25. The third-order valence-electron chi connectivity index (χ3n) is 6.29. The zero-order valence-electron chi connectivity index (χ0n) is 18.0. The molecule has 0 N–H and O–H groups in total. The molecule has 4 rings (SSSR count). The van der Waals surface area contributed by atoms with Crippen LogP contribution in [0.5, 0.6) is 5.75 Å². The van der Waals surface area contributed by atoms with E-state index in [1.807, 2.05) is 31.5 Å². The number of aromatic nitrogens is 4. The number of benzene rings is 1. The second-order valence-electron chi connectivity index (χ2n) is 8.14. The summed E-state index contributed by atoms with van der Waals surface area (Å²) >= 11 is 6.67. The molecule has 3 aromatic rings. The van der Waals surface area contributed by atoms with Gasteiger partial charge < -0.3 is 4.74 Å². The molecule has 2 unspecified atom stereocenters. The van der Waals surface area contributed by atoms with Gasteiger partial charge in [0.1, 0.15) is 18.8 Å². The third kappa shape index (κ3) is 3.34. The summed E-state index contributed by atoms with van der Waals surface area (Å²) in [5.41, 5.74) is 4.75. The number of hydrogen-bond donors (Lipinski definition) is 0. The van der Waals surface area contributed by atoms with E-state index < -0.39 is 0 Å². The second-order valence-corrected chi connectivity index (χ2v) is 8.55. The van der Waals surface area contributed by atoms with Gasteiger partial charge in [-0.15, -0.1) is 0 Å². The van der Waals surface area contributed by atoms with Gasteiger partial charge in [0.25, 0.3) is 0 Å². The van der Waals surface area contributed by atoms with Crippen molar-refractivity contribution in [1.82, 2.24) is 24.6 Å². The highest BCUT2D eigenvalue weighted by molar-refractivity contribution is 6.31. The Bertz CT molecular complexity index is 1080. The minimum atomic E-state index is -0.339. The minimum absolute atomic E-state index is 0.0665. The first-order valence-electron chi connectivity index (χ1n) is 10.2. The number of nitrogens with zero attached hydrogens (tertiary/aromatic N) is 5. The van der Waals surface area contributed by atoms with Crippen LogP contribution in [-0.4, -0.2) is 57.6 Å². The maximum atomic E-state index is 13.1. The van der Waals surface area contributed by atoms with Crippen LogP contribution < -0.4 is 4.74 Å². The standard InChI is InChI=1S/C22H27ClFN5O/c1-12(7-24)28-9-16(10-28)20-13(2)19(23)6-17(21(20)30-5)15(4)29-22-18(14(3)27-29)8-25-11-26-22/h6,8,11-12,15-16H,7,9-10H2,1-5H3. The fourth-order valence-electron chi connectivity index (χ4n) is 4.37. The second kappa shape index (κ2) is 8.12. The lowest BCUT2D eigenvalue weighted by Gasteiger charge is -2.44. The first kappa shape index (κ1) is 21.0. The Balaban J connectivity index is 1.78. The van der Waals surface area contributed by atoms with Gasteiger partial charge in [0.05, 0.1) is 24.2 Å². The largest absolute Gasteiger partial charge is 0.496 e. The number of ether oxygens (including phenoxy) is 1. The van der Waals surface area contributed by atoms with Crippen molar-refractivity contribution in [2.24, 2.45) is 0 Å². The number of aryl methyl sites for hydroxylation is 1. The summed E-state index contributed by atoms with van der Waals surface area (Å²) in [6.07, 6.45) is 3.32. The number of alkyl halides is 1. The molecule has 1 aromatic carbocycles. The predicted molar refractivity (Wildman–Crippen MR) is 116 cm³/mol. The summed E-state index contributed by atoms with van der Waals surface area (Å²) in [6.45, 7) is 9.22. The summed E-state index contributed by atoms with van der Waals surface area (Å²) in [5, 5.41) is 6.34. The van der Waals surface area contributed by atoms with E-state index in [0.717, 1.165) is 52.3 Å².